The van der Waals surface area contributed by atoms with Crippen molar-refractivity contribution in [3.05, 3.63) is 24.2 Å². The van der Waals surface area contributed by atoms with Crippen molar-refractivity contribution in [2.45, 2.75) is 25.8 Å². The fraction of sp³-hybridized carbons (Fsp3) is 0.462. The lowest BCUT2D eigenvalue weighted by atomic mass is 10.1. The molecule has 6 nitrogen and oxygen atoms in total. The van der Waals surface area contributed by atoms with E-state index in [1.54, 1.807) is 6.20 Å². The summed E-state index contributed by atoms with van der Waals surface area (Å²) in [6, 6.07) is 4.15. The van der Waals surface area contributed by atoms with E-state index in [0.717, 1.165) is 37.3 Å². The molecule has 2 aromatic heterocycles. The number of pyridine rings is 1. The predicted octanol–water partition coefficient (Wildman–Crippen LogP) is 1.37. The van der Waals surface area contributed by atoms with Gasteiger partial charge < -0.3 is 15.2 Å². The van der Waals surface area contributed by atoms with Gasteiger partial charge in [0.15, 0.2) is 5.82 Å². The molecule has 1 aliphatic rings. The molecule has 3 heterocycles. The molecule has 2 N–H and O–H groups in total. The van der Waals surface area contributed by atoms with Gasteiger partial charge in [-0.3, -0.25) is 0 Å². The summed E-state index contributed by atoms with van der Waals surface area (Å²) in [6.07, 6.45) is 3.76. The molecular formula is C13H17N5O. The van der Waals surface area contributed by atoms with E-state index < -0.39 is 0 Å². The normalized spacial score (nSPS) is 16.8. The van der Waals surface area contributed by atoms with E-state index in [9.17, 15) is 0 Å². The Morgan fingerprint density at radius 2 is 2.16 bits per heavy atom. The summed E-state index contributed by atoms with van der Waals surface area (Å²) in [7, 11) is 0. The van der Waals surface area contributed by atoms with Crippen molar-refractivity contribution in [3.63, 3.8) is 0 Å². The van der Waals surface area contributed by atoms with E-state index in [1.165, 1.54) is 0 Å². The molecule has 1 saturated heterocycles. The van der Waals surface area contributed by atoms with E-state index in [4.69, 9.17) is 10.3 Å². The first kappa shape index (κ1) is 12.1. The van der Waals surface area contributed by atoms with Gasteiger partial charge in [0, 0.05) is 25.3 Å². The number of nitrogens with two attached hydrogens (primary N) is 1. The van der Waals surface area contributed by atoms with Crippen LogP contribution in [0.3, 0.4) is 0 Å². The van der Waals surface area contributed by atoms with Crippen LogP contribution in [0.5, 0.6) is 0 Å². The molecule has 1 fully saturated rings. The summed E-state index contributed by atoms with van der Waals surface area (Å²) in [5, 5.41) is 3.84. The van der Waals surface area contributed by atoms with Crippen LogP contribution in [0, 0.1) is 6.92 Å². The van der Waals surface area contributed by atoms with Crippen molar-refractivity contribution in [1.82, 2.24) is 15.1 Å². The molecular weight excluding hydrogens is 242 g/mol. The molecule has 0 aromatic carbocycles. The van der Waals surface area contributed by atoms with E-state index in [1.807, 2.05) is 19.1 Å². The molecule has 0 saturated carbocycles. The van der Waals surface area contributed by atoms with Crippen LogP contribution in [0.4, 0.5) is 5.82 Å². The highest BCUT2D eigenvalue weighted by molar-refractivity contribution is 5.69. The summed E-state index contributed by atoms with van der Waals surface area (Å²) in [4.78, 5) is 11.0. The van der Waals surface area contributed by atoms with Gasteiger partial charge in [0.05, 0.1) is 5.56 Å². The van der Waals surface area contributed by atoms with E-state index >= 15 is 0 Å². The van der Waals surface area contributed by atoms with Crippen LogP contribution >= 0.6 is 0 Å². The van der Waals surface area contributed by atoms with E-state index in [0.29, 0.717) is 17.8 Å². The third-order valence-electron chi connectivity index (χ3n) is 3.38. The number of aromatic nitrogens is 3. The first-order valence-electron chi connectivity index (χ1n) is 6.50. The zero-order valence-corrected chi connectivity index (χ0v) is 10.9. The average molecular weight is 259 g/mol. The number of hydrogen-bond donors (Lipinski definition) is 1. The zero-order valence-electron chi connectivity index (χ0n) is 10.9. The van der Waals surface area contributed by atoms with Crippen molar-refractivity contribution < 1.29 is 4.52 Å². The second-order valence-corrected chi connectivity index (χ2v) is 4.85. The Balaban J connectivity index is 1.93. The average Bonchev–Trinajstić information content (AvgIpc) is 2.86. The lowest BCUT2D eigenvalue weighted by molar-refractivity contribution is 0.425. The Morgan fingerprint density at radius 1 is 1.37 bits per heavy atom. The molecule has 0 amide bonds. The summed E-state index contributed by atoms with van der Waals surface area (Å²) >= 11 is 0. The van der Waals surface area contributed by atoms with Crippen LogP contribution < -0.4 is 10.6 Å². The molecule has 19 heavy (non-hydrogen) atoms. The lowest BCUT2D eigenvalue weighted by Crippen LogP contribution is -2.40. The first-order chi connectivity index (χ1) is 9.24. The Kier molecular flexibility index (Phi) is 3.16. The molecule has 1 aliphatic heterocycles. The van der Waals surface area contributed by atoms with E-state index in [-0.39, 0.29) is 0 Å². The maximum absolute atomic E-state index is 5.94. The van der Waals surface area contributed by atoms with E-state index in [2.05, 4.69) is 20.0 Å². The first-order valence-corrected chi connectivity index (χ1v) is 6.50. The molecule has 0 spiro atoms. The topological polar surface area (TPSA) is 81.1 Å². The summed E-state index contributed by atoms with van der Waals surface area (Å²) < 4.78 is 5.25. The summed E-state index contributed by atoms with van der Waals surface area (Å²) in [5.41, 5.74) is 6.83. The number of nitrogens with zero attached hydrogens (tertiary/aromatic N) is 4. The van der Waals surface area contributed by atoms with Gasteiger partial charge in [-0.05, 0) is 31.9 Å². The Morgan fingerprint density at radius 3 is 2.84 bits per heavy atom. The Hall–Kier alpha value is -1.95. The minimum Gasteiger partial charge on any atom is -0.356 e. The molecule has 0 atom stereocenters. The number of piperidine rings is 1. The van der Waals surface area contributed by atoms with Gasteiger partial charge in [-0.2, -0.15) is 4.98 Å². The van der Waals surface area contributed by atoms with Gasteiger partial charge >= 0.3 is 0 Å². The zero-order chi connectivity index (χ0) is 13.2. The van der Waals surface area contributed by atoms with Crippen molar-refractivity contribution in [3.8, 4) is 11.5 Å². The number of aryl methyl sites for hydroxylation is 1. The minimum atomic E-state index is 0.300. The third kappa shape index (κ3) is 2.44. The highest BCUT2D eigenvalue weighted by Gasteiger charge is 2.22. The lowest BCUT2D eigenvalue weighted by Gasteiger charge is -2.31. The van der Waals surface area contributed by atoms with Crippen LogP contribution in [0.1, 0.15) is 18.7 Å². The molecule has 0 aliphatic carbocycles. The maximum Gasteiger partial charge on any atom is 0.261 e. The van der Waals surface area contributed by atoms with Gasteiger partial charge in [-0.15, -0.1) is 0 Å². The smallest absolute Gasteiger partial charge is 0.261 e. The minimum absolute atomic E-state index is 0.300. The monoisotopic (exact) mass is 259 g/mol. The second kappa shape index (κ2) is 4.97. The van der Waals surface area contributed by atoms with Crippen LogP contribution in [0.25, 0.3) is 11.5 Å². The van der Waals surface area contributed by atoms with Gasteiger partial charge in [0.2, 0.25) is 0 Å². The van der Waals surface area contributed by atoms with Crippen LogP contribution in [0.2, 0.25) is 0 Å². The van der Waals surface area contributed by atoms with Gasteiger partial charge in [-0.25, -0.2) is 4.98 Å². The van der Waals surface area contributed by atoms with Crippen LogP contribution in [0.15, 0.2) is 22.9 Å². The quantitative estimate of drug-likeness (QED) is 0.877. The van der Waals surface area contributed by atoms with Gasteiger partial charge in [-0.1, -0.05) is 5.16 Å². The summed E-state index contributed by atoms with van der Waals surface area (Å²) in [5.74, 6) is 2.05. The largest absolute Gasteiger partial charge is 0.356 e. The highest BCUT2D eigenvalue weighted by atomic mass is 16.5. The van der Waals surface area contributed by atoms with Crippen molar-refractivity contribution in [2.75, 3.05) is 18.0 Å². The van der Waals surface area contributed by atoms with Gasteiger partial charge in [0.1, 0.15) is 5.82 Å². The van der Waals surface area contributed by atoms with Crippen LogP contribution in [-0.2, 0) is 0 Å². The highest BCUT2D eigenvalue weighted by Crippen LogP contribution is 2.29. The molecule has 0 bridgehead atoms. The van der Waals surface area contributed by atoms with Crippen molar-refractivity contribution in [1.29, 1.82) is 0 Å². The molecule has 2 aromatic rings. The Labute approximate surface area is 111 Å². The summed E-state index contributed by atoms with van der Waals surface area (Å²) in [6.45, 7) is 3.64. The fourth-order valence-electron chi connectivity index (χ4n) is 2.33. The number of rotatable bonds is 2. The second-order valence-electron chi connectivity index (χ2n) is 4.85. The molecule has 6 heteroatoms. The van der Waals surface area contributed by atoms with Crippen molar-refractivity contribution in [2.24, 2.45) is 5.73 Å². The molecule has 100 valence electrons. The van der Waals surface area contributed by atoms with Crippen molar-refractivity contribution >= 4 is 5.82 Å². The Bertz CT molecular complexity index is 560. The molecule has 3 rings (SSSR count). The molecule has 0 unspecified atom stereocenters. The molecule has 0 radical (unpaired) electrons. The SMILES string of the molecule is Cc1noc(-c2cccnc2N2CCC(N)CC2)n1. The fourth-order valence-corrected chi connectivity index (χ4v) is 2.33. The van der Waals surface area contributed by atoms with Crippen LogP contribution in [-0.4, -0.2) is 34.3 Å². The maximum atomic E-state index is 5.94. The third-order valence-corrected chi connectivity index (χ3v) is 3.38. The standard InChI is InChI=1S/C13H17N5O/c1-9-16-13(19-17-9)11-3-2-6-15-12(11)18-7-4-10(14)5-8-18/h2-3,6,10H,4-5,7-8,14H2,1H3. The van der Waals surface area contributed by atoms with Gasteiger partial charge in [0.25, 0.3) is 5.89 Å². The number of hydrogen-bond acceptors (Lipinski definition) is 6. The predicted molar refractivity (Wildman–Crippen MR) is 71.7 cm³/mol. The number of anilines is 1.